The van der Waals surface area contributed by atoms with Crippen LogP contribution in [0.15, 0.2) is 47.4 Å². The van der Waals surface area contributed by atoms with Gasteiger partial charge in [-0.2, -0.15) is 0 Å². The van der Waals surface area contributed by atoms with Gasteiger partial charge in [0.2, 0.25) is 0 Å². The first-order valence-corrected chi connectivity index (χ1v) is 7.53. The number of aromatic nitrogens is 1. The van der Waals surface area contributed by atoms with E-state index in [-0.39, 0.29) is 17.2 Å². The second kappa shape index (κ2) is 6.53. The Bertz CT molecular complexity index is 825. The van der Waals surface area contributed by atoms with Gasteiger partial charge in [0.05, 0.1) is 4.92 Å². The van der Waals surface area contributed by atoms with Gasteiger partial charge in [-0.25, -0.2) is 0 Å². The molecule has 2 aromatic rings. The number of hydrogen-bond donors (Lipinski definition) is 1. The van der Waals surface area contributed by atoms with Gasteiger partial charge in [0.1, 0.15) is 11.3 Å². The van der Waals surface area contributed by atoms with E-state index in [1.54, 1.807) is 29.2 Å². The van der Waals surface area contributed by atoms with Crippen molar-refractivity contribution < 1.29 is 9.72 Å². The molecule has 1 saturated heterocycles. The summed E-state index contributed by atoms with van der Waals surface area (Å²) in [6.07, 6.45) is 1.48. The normalized spacial score (nSPS) is 14.5. The number of para-hydroxylation sites is 2. The molecule has 0 saturated carbocycles. The number of carbonyl (C=O) groups excluding carboxylic acids is 1. The van der Waals surface area contributed by atoms with E-state index in [9.17, 15) is 19.7 Å². The zero-order valence-corrected chi connectivity index (χ0v) is 12.8. The van der Waals surface area contributed by atoms with Gasteiger partial charge < -0.3 is 14.8 Å². The maximum Gasteiger partial charge on any atom is 0.292 e. The molecule has 0 aliphatic carbocycles. The van der Waals surface area contributed by atoms with Gasteiger partial charge in [-0.15, -0.1) is 0 Å². The first kappa shape index (κ1) is 15.7. The third-order valence-electron chi connectivity index (χ3n) is 4.03. The molecule has 24 heavy (non-hydrogen) atoms. The van der Waals surface area contributed by atoms with E-state index < -0.39 is 10.5 Å². The summed E-state index contributed by atoms with van der Waals surface area (Å²) in [6, 6.07) is 9.66. The average molecular weight is 328 g/mol. The maximum atomic E-state index is 12.4. The first-order chi connectivity index (χ1) is 11.6. The Morgan fingerprint density at radius 3 is 2.46 bits per heavy atom. The van der Waals surface area contributed by atoms with Crippen LogP contribution in [-0.4, -0.2) is 46.9 Å². The summed E-state index contributed by atoms with van der Waals surface area (Å²) in [5, 5.41) is 11.1. The number of benzene rings is 1. The number of nitrogens with zero attached hydrogens (tertiary/aromatic N) is 3. The smallest absolute Gasteiger partial charge is 0.292 e. The fourth-order valence-corrected chi connectivity index (χ4v) is 2.80. The van der Waals surface area contributed by atoms with Gasteiger partial charge in [-0.3, -0.25) is 19.7 Å². The first-order valence-electron chi connectivity index (χ1n) is 7.53. The predicted octanol–water partition coefficient (Wildman–Crippen LogP) is 1.25. The molecule has 1 aliphatic heterocycles. The average Bonchev–Trinajstić information content (AvgIpc) is 2.62. The topological polar surface area (TPSA) is 99.6 Å². The molecule has 8 heteroatoms. The molecule has 1 fully saturated rings. The Labute approximate surface area is 137 Å². The lowest BCUT2D eigenvalue weighted by Gasteiger charge is -2.35. The molecule has 1 aromatic carbocycles. The van der Waals surface area contributed by atoms with Gasteiger partial charge >= 0.3 is 0 Å². The molecule has 0 spiro atoms. The molecule has 0 radical (unpaired) electrons. The lowest BCUT2D eigenvalue weighted by atomic mass is 10.2. The standard InChI is InChI=1S/C16H16N4O4/c21-15-12(4-3-7-17-15)16(22)19-10-8-18(9-11-19)13-5-1-2-6-14(13)20(23)24/h1-7H,8-11H2,(H,17,21). The molecule has 0 unspecified atom stereocenters. The molecule has 0 atom stereocenters. The highest BCUT2D eigenvalue weighted by Crippen LogP contribution is 2.28. The number of amides is 1. The Morgan fingerprint density at radius 2 is 1.79 bits per heavy atom. The quantitative estimate of drug-likeness (QED) is 0.675. The van der Waals surface area contributed by atoms with E-state index in [2.05, 4.69) is 4.98 Å². The SMILES string of the molecule is O=C(c1ccc[nH]c1=O)N1CCN(c2ccccc2[N+](=O)[O-])CC1. The van der Waals surface area contributed by atoms with Gasteiger partial charge in [-0.1, -0.05) is 12.1 Å². The molecule has 1 amide bonds. The second-order valence-electron chi connectivity index (χ2n) is 5.44. The lowest BCUT2D eigenvalue weighted by Crippen LogP contribution is -2.49. The molecular weight excluding hydrogens is 312 g/mol. The number of pyridine rings is 1. The number of rotatable bonds is 3. The molecule has 1 aromatic heterocycles. The minimum absolute atomic E-state index is 0.0526. The molecule has 124 valence electrons. The Kier molecular flexibility index (Phi) is 4.28. The van der Waals surface area contributed by atoms with Crippen molar-refractivity contribution in [1.82, 2.24) is 9.88 Å². The number of piperazine rings is 1. The molecule has 0 bridgehead atoms. The van der Waals surface area contributed by atoms with Crippen molar-refractivity contribution in [1.29, 1.82) is 0 Å². The predicted molar refractivity (Wildman–Crippen MR) is 88.3 cm³/mol. The fourth-order valence-electron chi connectivity index (χ4n) is 2.80. The number of nitro groups is 1. The lowest BCUT2D eigenvalue weighted by molar-refractivity contribution is -0.384. The third kappa shape index (κ3) is 2.98. The van der Waals surface area contributed by atoms with E-state index in [1.807, 2.05) is 4.90 Å². The van der Waals surface area contributed by atoms with Gasteiger partial charge in [0, 0.05) is 38.4 Å². The monoisotopic (exact) mass is 328 g/mol. The maximum absolute atomic E-state index is 12.4. The van der Waals surface area contributed by atoms with Crippen molar-refractivity contribution in [3.05, 3.63) is 68.6 Å². The van der Waals surface area contributed by atoms with Crippen molar-refractivity contribution in [2.24, 2.45) is 0 Å². The van der Waals surface area contributed by atoms with E-state index in [0.717, 1.165) is 0 Å². The van der Waals surface area contributed by atoms with Crippen LogP contribution in [0.3, 0.4) is 0 Å². The van der Waals surface area contributed by atoms with Gasteiger partial charge in [-0.05, 0) is 18.2 Å². The summed E-state index contributed by atoms with van der Waals surface area (Å²) in [7, 11) is 0. The van der Waals surface area contributed by atoms with Crippen LogP contribution in [0.5, 0.6) is 0 Å². The van der Waals surface area contributed by atoms with E-state index in [0.29, 0.717) is 31.9 Å². The Balaban J connectivity index is 1.73. The summed E-state index contributed by atoms with van der Waals surface area (Å²) in [4.78, 5) is 40.8. The summed E-state index contributed by atoms with van der Waals surface area (Å²) < 4.78 is 0. The number of aromatic amines is 1. The highest BCUT2D eigenvalue weighted by atomic mass is 16.6. The van der Waals surface area contributed by atoms with Crippen LogP contribution in [0.1, 0.15) is 10.4 Å². The summed E-state index contributed by atoms with van der Waals surface area (Å²) in [6.45, 7) is 1.75. The van der Waals surface area contributed by atoms with Crippen LogP contribution in [0, 0.1) is 10.1 Å². The van der Waals surface area contributed by atoms with Gasteiger partial charge in [0.15, 0.2) is 0 Å². The minimum atomic E-state index is -0.413. The number of hydrogen-bond acceptors (Lipinski definition) is 5. The van der Waals surface area contributed by atoms with Crippen molar-refractivity contribution in [3.8, 4) is 0 Å². The summed E-state index contributed by atoms with van der Waals surface area (Å²) in [5.74, 6) is -0.320. The Hall–Kier alpha value is -3.16. The number of nitrogens with one attached hydrogen (secondary N) is 1. The van der Waals surface area contributed by atoms with Crippen molar-refractivity contribution >= 4 is 17.3 Å². The van der Waals surface area contributed by atoms with Crippen molar-refractivity contribution in [2.75, 3.05) is 31.1 Å². The number of anilines is 1. The number of carbonyl (C=O) groups is 1. The Morgan fingerprint density at radius 1 is 1.08 bits per heavy atom. The fraction of sp³-hybridized carbons (Fsp3) is 0.250. The molecular formula is C16H16N4O4. The number of nitro benzene ring substituents is 1. The molecule has 1 aliphatic rings. The second-order valence-corrected chi connectivity index (χ2v) is 5.44. The van der Waals surface area contributed by atoms with Crippen LogP contribution in [0.25, 0.3) is 0 Å². The largest absolute Gasteiger partial charge is 0.362 e. The number of H-pyrrole nitrogens is 1. The van der Waals surface area contributed by atoms with Gasteiger partial charge in [0.25, 0.3) is 17.2 Å². The molecule has 1 N–H and O–H groups in total. The third-order valence-corrected chi connectivity index (χ3v) is 4.03. The zero-order valence-electron chi connectivity index (χ0n) is 12.8. The zero-order chi connectivity index (χ0) is 17.1. The molecule has 8 nitrogen and oxygen atoms in total. The highest BCUT2D eigenvalue weighted by Gasteiger charge is 2.26. The van der Waals surface area contributed by atoms with Crippen LogP contribution in [0.2, 0.25) is 0 Å². The summed E-state index contributed by atoms with van der Waals surface area (Å²) >= 11 is 0. The molecule has 2 heterocycles. The van der Waals surface area contributed by atoms with Crippen LogP contribution < -0.4 is 10.5 Å². The minimum Gasteiger partial charge on any atom is -0.362 e. The van der Waals surface area contributed by atoms with E-state index in [4.69, 9.17) is 0 Å². The van der Waals surface area contributed by atoms with E-state index >= 15 is 0 Å². The van der Waals surface area contributed by atoms with Crippen molar-refractivity contribution in [2.45, 2.75) is 0 Å². The van der Waals surface area contributed by atoms with Crippen LogP contribution in [0.4, 0.5) is 11.4 Å². The molecule has 3 rings (SSSR count). The van der Waals surface area contributed by atoms with Crippen molar-refractivity contribution in [3.63, 3.8) is 0 Å². The van der Waals surface area contributed by atoms with Crippen LogP contribution in [-0.2, 0) is 0 Å². The van der Waals surface area contributed by atoms with E-state index in [1.165, 1.54) is 18.3 Å². The highest BCUT2D eigenvalue weighted by molar-refractivity contribution is 5.94. The van der Waals surface area contributed by atoms with Crippen LogP contribution >= 0.6 is 0 Å². The summed E-state index contributed by atoms with van der Waals surface area (Å²) in [5.41, 5.74) is 0.296.